The highest BCUT2D eigenvalue weighted by atomic mass is 16.2. The third-order valence-electron chi connectivity index (χ3n) is 3.52. The molecule has 0 aromatic heterocycles. The summed E-state index contributed by atoms with van der Waals surface area (Å²) in [6, 6.07) is 7.18. The summed E-state index contributed by atoms with van der Waals surface area (Å²) in [4.78, 5) is 25.0. The number of likely N-dealkylation sites (N-methyl/N-ethyl adjacent to an activating group) is 1. The standard InChI is InChI=1S/C16H25N3O2/c1-4-14(16(17)21)18-13-9-7-12(8-10-13)11-15(20)19(5-2)6-3/h7-10,14,18H,4-6,11H2,1-3H3,(H2,17,21)/t14-/m0/s1. The predicted octanol–water partition coefficient (Wildman–Crippen LogP) is 1.77. The molecule has 0 aliphatic carbocycles. The summed E-state index contributed by atoms with van der Waals surface area (Å²) in [5.74, 6) is -0.234. The third-order valence-corrected chi connectivity index (χ3v) is 3.52. The smallest absolute Gasteiger partial charge is 0.239 e. The lowest BCUT2D eigenvalue weighted by atomic mass is 10.1. The average Bonchev–Trinajstić information content (AvgIpc) is 2.47. The molecule has 116 valence electrons. The second-order valence-electron chi connectivity index (χ2n) is 4.95. The van der Waals surface area contributed by atoms with Crippen LogP contribution in [0.5, 0.6) is 0 Å². The number of rotatable bonds is 8. The highest BCUT2D eigenvalue weighted by Gasteiger charge is 2.13. The van der Waals surface area contributed by atoms with Gasteiger partial charge in [-0.25, -0.2) is 0 Å². The molecule has 5 nitrogen and oxygen atoms in total. The Morgan fingerprint density at radius 1 is 1.14 bits per heavy atom. The summed E-state index contributed by atoms with van der Waals surface area (Å²) in [6.07, 6.45) is 1.03. The van der Waals surface area contributed by atoms with Crippen molar-refractivity contribution in [3.05, 3.63) is 29.8 Å². The normalized spacial score (nSPS) is 11.8. The molecule has 0 fully saturated rings. The lowest BCUT2D eigenvalue weighted by Gasteiger charge is -2.19. The maximum absolute atomic E-state index is 12.0. The molecule has 1 rings (SSSR count). The molecule has 1 aromatic rings. The van der Waals surface area contributed by atoms with Crippen LogP contribution in [0, 0.1) is 0 Å². The van der Waals surface area contributed by atoms with Gasteiger partial charge in [-0.3, -0.25) is 9.59 Å². The Balaban J connectivity index is 2.66. The number of benzene rings is 1. The maximum atomic E-state index is 12.0. The minimum Gasteiger partial charge on any atom is -0.374 e. The molecular weight excluding hydrogens is 266 g/mol. The molecule has 0 aliphatic heterocycles. The molecule has 0 aliphatic rings. The fourth-order valence-electron chi connectivity index (χ4n) is 2.16. The Bertz CT molecular complexity index is 467. The zero-order valence-corrected chi connectivity index (χ0v) is 13.1. The lowest BCUT2D eigenvalue weighted by molar-refractivity contribution is -0.130. The molecule has 1 atom stereocenters. The molecule has 0 radical (unpaired) electrons. The van der Waals surface area contributed by atoms with Crippen LogP contribution in [0.25, 0.3) is 0 Å². The maximum Gasteiger partial charge on any atom is 0.239 e. The Labute approximate surface area is 126 Å². The van der Waals surface area contributed by atoms with E-state index in [1.54, 1.807) is 0 Å². The van der Waals surface area contributed by atoms with Gasteiger partial charge in [0.15, 0.2) is 0 Å². The minimum absolute atomic E-state index is 0.129. The highest BCUT2D eigenvalue weighted by molar-refractivity contribution is 5.83. The molecule has 0 heterocycles. The first-order valence-electron chi connectivity index (χ1n) is 7.44. The molecule has 0 bridgehead atoms. The van der Waals surface area contributed by atoms with Gasteiger partial charge in [0.2, 0.25) is 11.8 Å². The van der Waals surface area contributed by atoms with Crippen molar-refractivity contribution in [3.8, 4) is 0 Å². The van der Waals surface area contributed by atoms with Gasteiger partial charge in [-0.2, -0.15) is 0 Å². The van der Waals surface area contributed by atoms with Crippen molar-refractivity contribution >= 4 is 17.5 Å². The Morgan fingerprint density at radius 2 is 1.71 bits per heavy atom. The number of hydrogen-bond donors (Lipinski definition) is 2. The molecule has 0 unspecified atom stereocenters. The molecule has 0 spiro atoms. The Kier molecular flexibility index (Phi) is 6.72. The fraction of sp³-hybridized carbons (Fsp3) is 0.500. The predicted molar refractivity (Wildman–Crippen MR) is 85.0 cm³/mol. The molecule has 5 heteroatoms. The van der Waals surface area contributed by atoms with E-state index in [0.29, 0.717) is 12.8 Å². The van der Waals surface area contributed by atoms with E-state index in [1.165, 1.54) is 0 Å². The lowest BCUT2D eigenvalue weighted by Crippen LogP contribution is -2.34. The van der Waals surface area contributed by atoms with Gasteiger partial charge >= 0.3 is 0 Å². The van der Waals surface area contributed by atoms with Crippen LogP contribution in [0.1, 0.15) is 32.8 Å². The number of hydrogen-bond acceptors (Lipinski definition) is 3. The molecule has 3 N–H and O–H groups in total. The van der Waals surface area contributed by atoms with Crippen molar-refractivity contribution in [1.82, 2.24) is 4.90 Å². The quantitative estimate of drug-likeness (QED) is 0.766. The van der Waals surface area contributed by atoms with Crippen LogP contribution < -0.4 is 11.1 Å². The zero-order chi connectivity index (χ0) is 15.8. The molecule has 1 aromatic carbocycles. The minimum atomic E-state index is -0.367. The number of primary amides is 1. The van der Waals surface area contributed by atoms with Crippen LogP contribution in [0.3, 0.4) is 0 Å². The summed E-state index contributed by atoms with van der Waals surface area (Å²) < 4.78 is 0. The van der Waals surface area contributed by atoms with E-state index in [1.807, 2.05) is 49.9 Å². The zero-order valence-electron chi connectivity index (χ0n) is 13.1. The molecular formula is C16H25N3O2. The van der Waals surface area contributed by atoms with Crippen molar-refractivity contribution in [2.24, 2.45) is 5.73 Å². The molecule has 0 saturated carbocycles. The first-order valence-corrected chi connectivity index (χ1v) is 7.44. The fourth-order valence-corrected chi connectivity index (χ4v) is 2.16. The Hall–Kier alpha value is -2.04. The summed E-state index contributed by atoms with van der Waals surface area (Å²) in [7, 11) is 0. The second-order valence-corrected chi connectivity index (χ2v) is 4.95. The number of carbonyl (C=O) groups is 2. The van der Waals surface area contributed by atoms with Gasteiger partial charge in [-0.15, -0.1) is 0 Å². The van der Waals surface area contributed by atoms with Crippen molar-refractivity contribution in [2.75, 3.05) is 18.4 Å². The summed E-state index contributed by atoms with van der Waals surface area (Å²) in [5, 5.41) is 3.08. The first-order chi connectivity index (χ1) is 10.0. The van der Waals surface area contributed by atoms with E-state index in [2.05, 4.69) is 5.32 Å². The van der Waals surface area contributed by atoms with Crippen molar-refractivity contribution in [3.63, 3.8) is 0 Å². The molecule has 2 amide bonds. The van der Waals surface area contributed by atoms with Gasteiger partial charge in [0.25, 0.3) is 0 Å². The van der Waals surface area contributed by atoms with E-state index < -0.39 is 0 Å². The van der Waals surface area contributed by atoms with E-state index in [9.17, 15) is 9.59 Å². The first kappa shape index (κ1) is 17.0. The van der Waals surface area contributed by atoms with E-state index in [-0.39, 0.29) is 17.9 Å². The third kappa shape index (κ3) is 5.10. The Morgan fingerprint density at radius 3 is 2.14 bits per heavy atom. The van der Waals surface area contributed by atoms with Gasteiger partial charge in [-0.1, -0.05) is 19.1 Å². The number of nitrogens with two attached hydrogens (primary N) is 1. The second kappa shape index (κ2) is 8.29. The summed E-state index contributed by atoms with van der Waals surface area (Å²) >= 11 is 0. The topological polar surface area (TPSA) is 75.4 Å². The highest BCUT2D eigenvalue weighted by Crippen LogP contribution is 2.13. The van der Waals surface area contributed by atoms with Gasteiger partial charge in [0.05, 0.1) is 6.42 Å². The summed E-state index contributed by atoms with van der Waals surface area (Å²) in [5.41, 5.74) is 7.10. The van der Waals surface area contributed by atoms with Gasteiger partial charge < -0.3 is 16.0 Å². The average molecular weight is 291 g/mol. The van der Waals surface area contributed by atoms with E-state index in [4.69, 9.17) is 5.73 Å². The van der Waals surface area contributed by atoms with Gasteiger partial charge in [0.1, 0.15) is 6.04 Å². The van der Waals surface area contributed by atoms with Crippen molar-refractivity contribution in [2.45, 2.75) is 39.7 Å². The number of nitrogens with one attached hydrogen (secondary N) is 1. The monoisotopic (exact) mass is 291 g/mol. The molecule has 21 heavy (non-hydrogen) atoms. The largest absolute Gasteiger partial charge is 0.374 e. The number of anilines is 1. The number of amides is 2. The van der Waals surface area contributed by atoms with E-state index >= 15 is 0 Å². The number of carbonyl (C=O) groups excluding carboxylic acids is 2. The SMILES string of the molecule is CC[C@H](Nc1ccc(CC(=O)N(CC)CC)cc1)C(N)=O. The van der Waals surface area contributed by atoms with Crippen LogP contribution in [0.15, 0.2) is 24.3 Å². The van der Waals surface area contributed by atoms with Crippen LogP contribution in [-0.2, 0) is 16.0 Å². The van der Waals surface area contributed by atoms with Crippen LogP contribution in [0.2, 0.25) is 0 Å². The van der Waals surface area contributed by atoms with E-state index in [0.717, 1.165) is 24.3 Å². The van der Waals surface area contributed by atoms with Crippen LogP contribution in [-0.4, -0.2) is 35.8 Å². The van der Waals surface area contributed by atoms with Gasteiger partial charge in [-0.05, 0) is 38.0 Å². The van der Waals surface area contributed by atoms with Gasteiger partial charge in [0, 0.05) is 18.8 Å². The van der Waals surface area contributed by atoms with Crippen LogP contribution >= 0.6 is 0 Å². The molecule has 0 saturated heterocycles. The van der Waals surface area contributed by atoms with Crippen molar-refractivity contribution in [1.29, 1.82) is 0 Å². The summed E-state index contributed by atoms with van der Waals surface area (Å²) in [6.45, 7) is 7.31. The van der Waals surface area contributed by atoms with Crippen LogP contribution in [0.4, 0.5) is 5.69 Å². The van der Waals surface area contributed by atoms with Crippen molar-refractivity contribution < 1.29 is 9.59 Å². The number of nitrogens with zero attached hydrogens (tertiary/aromatic N) is 1.